The number of thiazole rings is 1. The quantitative estimate of drug-likeness (QED) is 0.727. The Kier molecular flexibility index (Phi) is 5.37. The lowest BCUT2D eigenvalue weighted by molar-refractivity contribution is 0.201. The van der Waals surface area contributed by atoms with Crippen molar-refractivity contribution in [2.45, 2.75) is 25.3 Å². The fourth-order valence-electron chi connectivity index (χ4n) is 3.32. The molecule has 7 heteroatoms. The van der Waals surface area contributed by atoms with Crippen LogP contribution in [0.15, 0.2) is 48.1 Å². The van der Waals surface area contributed by atoms with Crippen molar-refractivity contribution in [3.63, 3.8) is 0 Å². The summed E-state index contributed by atoms with van der Waals surface area (Å²) in [5, 5.41) is 15.2. The summed E-state index contributed by atoms with van der Waals surface area (Å²) in [7, 11) is 0. The Morgan fingerprint density at radius 3 is 2.85 bits per heavy atom. The Labute approximate surface area is 162 Å². The highest BCUT2D eigenvalue weighted by molar-refractivity contribution is 7.13. The van der Waals surface area contributed by atoms with E-state index in [4.69, 9.17) is 10.2 Å². The van der Waals surface area contributed by atoms with Gasteiger partial charge >= 0.3 is 0 Å². The zero-order valence-corrected chi connectivity index (χ0v) is 15.7. The average Bonchev–Trinajstić information content (AvgIpc) is 3.18. The number of anilines is 2. The van der Waals surface area contributed by atoms with Crippen LogP contribution >= 0.6 is 11.3 Å². The largest absolute Gasteiger partial charge is 0.316 e. The second kappa shape index (κ2) is 8.25. The minimum Gasteiger partial charge on any atom is -0.316 e. The molecule has 0 atom stereocenters. The van der Waals surface area contributed by atoms with E-state index in [2.05, 4.69) is 37.7 Å². The number of hydrogen-bond donors (Lipinski definition) is 1. The number of rotatable bonds is 5. The van der Waals surface area contributed by atoms with Crippen LogP contribution in [-0.2, 0) is 6.54 Å². The van der Waals surface area contributed by atoms with E-state index >= 15 is 0 Å². The first-order valence-electron chi connectivity index (χ1n) is 9.01. The van der Waals surface area contributed by atoms with Gasteiger partial charge in [-0.15, -0.1) is 11.3 Å². The molecule has 1 aliphatic heterocycles. The Morgan fingerprint density at radius 2 is 2.07 bits per heavy atom. The molecule has 136 valence electrons. The summed E-state index contributed by atoms with van der Waals surface area (Å²) in [6, 6.07) is 11.6. The minimum atomic E-state index is 0.496. The third kappa shape index (κ3) is 4.48. The van der Waals surface area contributed by atoms with Gasteiger partial charge in [-0.3, -0.25) is 9.88 Å². The topological polar surface area (TPSA) is 77.7 Å². The summed E-state index contributed by atoms with van der Waals surface area (Å²) < 4.78 is 0. The summed E-state index contributed by atoms with van der Waals surface area (Å²) in [5.74, 6) is 1.15. The fraction of sp³-hybridized carbons (Fsp3) is 0.300. The molecular formula is C20H20N6S. The van der Waals surface area contributed by atoms with Crippen LogP contribution in [0.3, 0.4) is 0 Å². The number of nitriles is 1. The molecule has 0 aliphatic carbocycles. The third-order valence-corrected chi connectivity index (χ3v) is 5.54. The highest BCUT2D eigenvalue weighted by atomic mass is 32.1. The molecule has 3 aromatic rings. The first-order valence-corrected chi connectivity index (χ1v) is 9.89. The van der Waals surface area contributed by atoms with Gasteiger partial charge in [0.2, 0.25) is 0 Å². The Bertz CT molecular complexity index is 925. The fourth-order valence-corrected chi connectivity index (χ4v) is 4.12. The monoisotopic (exact) mass is 376 g/mol. The van der Waals surface area contributed by atoms with E-state index in [1.807, 2.05) is 18.3 Å². The SMILES string of the molecule is N#Cc1ccnc(Nc2nc(C3CCN(Cc4ccccn4)CC3)cs2)c1. The van der Waals surface area contributed by atoms with Crippen LogP contribution in [0, 0.1) is 11.3 Å². The molecule has 0 unspecified atom stereocenters. The summed E-state index contributed by atoms with van der Waals surface area (Å²) in [6.07, 6.45) is 5.70. The molecule has 6 nitrogen and oxygen atoms in total. The Morgan fingerprint density at radius 1 is 1.19 bits per heavy atom. The van der Waals surface area contributed by atoms with E-state index in [1.54, 1.807) is 29.7 Å². The highest BCUT2D eigenvalue weighted by Gasteiger charge is 2.23. The normalized spacial score (nSPS) is 15.4. The maximum Gasteiger partial charge on any atom is 0.188 e. The molecule has 4 heterocycles. The number of nitrogens with zero attached hydrogens (tertiary/aromatic N) is 5. The van der Waals surface area contributed by atoms with Gasteiger partial charge in [0.1, 0.15) is 5.82 Å². The summed E-state index contributed by atoms with van der Waals surface area (Å²) in [6.45, 7) is 3.04. The number of aromatic nitrogens is 3. The lowest BCUT2D eigenvalue weighted by atomic mass is 9.94. The molecule has 4 rings (SSSR count). The lowest BCUT2D eigenvalue weighted by Crippen LogP contribution is -2.32. The first kappa shape index (κ1) is 17.6. The summed E-state index contributed by atoms with van der Waals surface area (Å²) >= 11 is 1.59. The van der Waals surface area contributed by atoms with Gasteiger partial charge in [0.15, 0.2) is 5.13 Å². The Balaban J connectivity index is 1.33. The molecule has 1 N–H and O–H groups in total. The first-order chi connectivity index (χ1) is 13.3. The molecule has 0 radical (unpaired) electrons. The standard InChI is InChI=1S/C20H20N6S/c21-12-15-4-8-23-19(11-15)25-20-24-18(14-27-20)16-5-9-26(10-6-16)13-17-3-1-2-7-22-17/h1-4,7-8,11,14,16H,5-6,9-10,13H2,(H,23,24,25). The molecule has 1 fully saturated rings. The van der Waals surface area contributed by atoms with Crippen molar-refractivity contribution in [3.8, 4) is 6.07 Å². The van der Waals surface area contributed by atoms with E-state index in [0.29, 0.717) is 17.3 Å². The average molecular weight is 376 g/mol. The van der Waals surface area contributed by atoms with Gasteiger partial charge in [-0.1, -0.05) is 6.07 Å². The van der Waals surface area contributed by atoms with Crippen molar-refractivity contribution in [2.24, 2.45) is 0 Å². The van der Waals surface area contributed by atoms with Crippen molar-refractivity contribution < 1.29 is 0 Å². The van der Waals surface area contributed by atoms with Crippen LogP contribution in [0.1, 0.15) is 35.7 Å². The summed E-state index contributed by atoms with van der Waals surface area (Å²) in [4.78, 5) is 15.9. The maximum absolute atomic E-state index is 8.99. The van der Waals surface area contributed by atoms with Gasteiger partial charge in [-0.05, 0) is 50.2 Å². The van der Waals surface area contributed by atoms with Gasteiger partial charge in [0.25, 0.3) is 0 Å². The van der Waals surface area contributed by atoms with Crippen molar-refractivity contribution in [3.05, 3.63) is 65.1 Å². The predicted molar refractivity (Wildman–Crippen MR) is 106 cm³/mol. The molecule has 27 heavy (non-hydrogen) atoms. The van der Waals surface area contributed by atoms with Gasteiger partial charge in [-0.2, -0.15) is 5.26 Å². The van der Waals surface area contributed by atoms with Gasteiger partial charge < -0.3 is 5.32 Å². The third-order valence-electron chi connectivity index (χ3n) is 4.76. The molecular weight excluding hydrogens is 356 g/mol. The predicted octanol–water partition coefficient (Wildman–Crippen LogP) is 3.93. The second-order valence-corrected chi connectivity index (χ2v) is 7.47. The minimum absolute atomic E-state index is 0.496. The summed E-state index contributed by atoms with van der Waals surface area (Å²) in [5.41, 5.74) is 2.86. The van der Waals surface area contributed by atoms with Gasteiger partial charge in [0, 0.05) is 30.2 Å². The van der Waals surface area contributed by atoms with Crippen molar-refractivity contribution >= 4 is 22.3 Å². The van der Waals surface area contributed by atoms with Crippen molar-refractivity contribution in [2.75, 3.05) is 18.4 Å². The maximum atomic E-state index is 8.99. The van der Waals surface area contributed by atoms with Crippen LogP contribution in [0.4, 0.5) is 10.9 Å². The second-order valence-electron chi connectivity index (χ2n) is 6.62. The number of hydrogen-bond acceptors (Lipinski definition) is 7. The van der Waals surface area contributed by atoms with Gasteiger partial charge in [-0.25, -0.2) is 9.97 Å². The van der Waals surface area contributed by atoms with E-state index in [9.17, 15) is 0 Å². The molecule has 0 saturated carbocycles. The molecule has 0 bridgehead atoms. The van der Waals surface area contributed by atoms with E-state index in [-0.39, 0.29) is 0 Å². The van der Waals surface area contributed by atoms with Crippen LogP contribution in [0.25, 0.3) is 0 Å². The molecule has 3 aromatic heterocycles. The van der Waals surface area contributed by atoms with Crippen LogP contribution < -0.4 is 5.32 Å². The lowest BCUT2D eigenvalue weighted by Gasteiger charge is -2.30. The van der Waals surface area contributed by atoms with Gasteiger partial charge in [0.05, 0.1) is 23.0 Å². The van der Waals surface area contributed by atoms with Crippen LogP contribution in [0.2, 0.25) is 0 Å². The van der Waals surface area contributed by atoms with Crippen molar-refractivity contribution in [1.82, 2.24) is 19.9 Å². The van der Waals surface area contributed by atoms with E-state index < -0.39 is 0 Å². The number of likely N-dealkylation sites (tertiary alicyclic amines) is 1. The van der Waals surface area contributed by atoms with E-state index in [1.165, 1.54) is 0 Å². The van der Waals surface area contributed by atoms with Crippen LogP contribution in [0.5, 0.6) is 0 Å². The number of pyridine rings is 2. The van der Waals surface area contributed by atoms with Crippen molar-refractivity contribution in [1.29, 1.82) is 5.26 Å². The number of nitrogens with one attached hydrogen (secondary N) is 1. The molecule has 1 aliphatic rings. The molecule has 0 aromatic carbocycles. The zero-order chi connectivity index (χ0) is 18.5. The smallest absolute Gasteiger partial charge is 0.188 e. The molecule has 0 spiro atoms. The van der Waals surface area contributed by atoms with Crippen LogP contribution in [-0.4, -0.2) is 32.9 Å². The Hall–Kier alpha value is -2.82. The molecule has 1 saturated heterocycles. The number of piperidine rings is 1. The highest BCUT2D eigenvalue weighted by Crippen LogP contribution is 2.31. The molecule has 0 amide bonds. The zero-order valence-electron chi connectivity index (χ0n) is 14.9. The van der Waals surface area contributed by atoms with E-state index in [0.717, 1.165) is 49.0 Å².